The predicted molar refractivity (Wildman–Crippen MR) is 154 cm³/mol. The Morgan fingerprint density at radius 1 is 1.00 bits per heavy atom. The van der Waals surface area contributed by atoms with Crippen LogP contribution < -0.4 is 5.32 Å². The molecule has 0 amide bonds. The number of nitrogens with zero attached hydrogens (tertiary/aromatic N) is 1. The molecule has 1 atom stereocenters. The first kappa shape index (κ1) is 30.4. The molecule has 3 rings (SSSR count). The van der Waals surface area contributed by atoms with Gasteiger partial charge in [-0.05, 0) is 64.4 Å². The molecule has 212 valence electrons. The highest BCUT2D eigenvalue weighted by Crippen LogP contribution is 2.40. The molecular formula is C32H38N2O6. The molecule has 2 aromatic rings. The highest BCUT2D eigenvalue weighted by Gasteiger charge is 2.39. The smallest absolute Gasteiger partial charge is 0.336 e. The average molecular weight is 547 g/mol. The summed E-state index contributed by atoms with van der Waals surface area (Å²) in [5.41, 5.74) is 2.85. The van der Waals surface area contributed by atoms with Gasteiger partial charge in [-0.3, -0.25) is 4.90 Å². The molecule has 0 aromatic heterocycles. The van der Waals surface area contributed by atoms with Crippen LogP contribution in [0.2, 0.25) is 0 Å². The Morgan fingerprint density at radius 2 is 1.65 bits per heavy atom. The van der Waals surface area contributed by atoms with Gasteiger partial charge in [0.15, 0.2) is 0 Å². The minimum absolute atomic E-state index is 0.0376. The maximum Gasteiger partial charge on any atom is 0.336 e. The van der Waals surface area contributed by atoms with E-state index in [0.717, 1.165) is 5.56 Å². The number of rotatable bonds is 10. The average Bonchev–Trinajstić information content (AvgIpc) is 2.86. The molecule has 0 aliphatic carbocycles. The molecule has 0 saturated heterocycles. The zero-order valence-electron chi connectivity index (χ0n) is 24.0. The van der Waals surface area contributed by atoms with Crippen molar-refractivity contribution in [2.24, 2.45) is 0 Å². The molecule has 2 aromatic carbocycles. The van der Waals surface area contributed by atoms with Crippen molar-refractivity contribution in [1.29, 1.82) is 0 Å². The molecule has 2 N–H and O–H groups in total. The third kappa shape index (κ3) is 7.93. The van der Waals surface area contributed by atoms with Crippen molar-refractivity contribution in [3.05, 3.63) is 99.9 Å². The first-order valence-corrected chi connectivity index (χ1v) is 13.2. The molecule has 0 saturated carbocycles. The van der Waals surface area contributed by atoms with Crippen molar-refractivity contribution in [1.82, 2.24) is 10.2 Å². The number of allylic oxidation sites excluding steroid dienone is 1. The number of benzene rings is 2. The molecule has 40 heavy (non-hydrogen) atoms. The number of carboxylic acids is 1. The number of carbonyl (C=O) groups is 3. The summed E-state index contributed by atoms with van der Waals surface area (Å²) in [5.74, 6) is -3.21. The second kappa shape index (κ2) is 13.3. The van der Waals surface area contributed by atoms with Gasteiger partial charge in [-0.1, -0.05) is 54.6 Å². The number of esters is 2. The van der Waals surface area contributed by atoms with Gasteiger partial charge in [0, 0.05) is 30.6 Å². The van der Waals surface area contributed by atoms with E-state index in [4.69, 9.17) is 9.47 Å². The van der Waals surface area contributed by atoms with Crippen LogP contribution in [0, 0.1) is 0 Å². The molecule has 8 heteroatoms. The number of nitrogens with one attached hydrogen (secondary N) is 1. The summed E-state index contributed by atoms with van der Waals surface area (Å²) in [4.78, 5) is 40.6. The number of carbonyl (C=O) groups excluding carboxylic acids is 2. The van der Waals surface area contributed by atoms with Crippen molar-refractivity contribution in [2.75, 3.05) is 20.2 Å². The van der Waals surface area contributed by atoms with Crippen molar-refractivity contribution in [3.63, 3.8) is 0 Å². The topological polar surface area (TPSA) is 105 Å². The summed E-state index contributed by atoms with van der Waals surface area (Å²) in [7, 11) is 1.93. The largest absolute Gasteiger partial charge is 0.478 e. The van der Waals surface area contributed by atoms with E-state index in [1.165, 1.54) is 6.08 Å². The van der Waals surface area contributed by atoms with Gasteiger partial charge in [0.1, 0.15) is 5.60 Å². The third-order valence-corrected chi connectivity index (χ3v) is 6.21. The van der Waals surface area contributed by atoms with Crippen LogP contribution in [0.5, 0.6) is 0 Å². The Labute approximate surface area is 236 Å². The fourth-order valence-electron chi connectivity index (χ4n) is 4.71. The lowest BCUT2D eigenvalue weighted by Crippen LogP contribution is -2.37. The van der Waals surface area contributed by atoms with E-state index in [1.54, 1.807) is 65.0 Å². The number of hydrogen-bond acceptors (Lipinski definition) is 7. The SMILES string of the molecule is CCOC(=O)C1=C(CN(C)Cc2ccccc2)NC(C)=C(C(=O)O)C1c1ccccc1/C=C/C(=O)OC(C)(C)C. The van der Waals surface area contributed by atoms with Crippen LogP contribution in [0.3, 0.4) is 0 Å². The molecular weight excluding hydrogens is 508 g/mol. The Morgan fingerprint density at radius 3 is 2.27 bits per heavy atom. The van der Waals surface area contributed by atoms with Gasteiger partial charge < -0.3 is 19.9 Å². The maximum atomic E-state index is 13.5. The van der Waals surface area contributed by atoms with Crippen molar-refractivity contribution in [3.8, 4) is 0 Å². The van der Waals surface area contributed by atoms with Crippen LogP contribution in [0.4, 0.5) is 0 Å². The van der Waals surface area contributed by atoms with E-state index in [9.17, 15) is 19.5 Å². The number of aliphatic carboxylic acids is 1. The van der Waals surface area contributed by atoms with Crippen LogP contribution in [0.15, 0.2) is 83.2 Å². The number of dihydropyridines is 1. The molecule has 1 unspecified atom stereocenters. The lowest BCUT2D eigenvalue weighted by molar-refractivity contribution is -0.148. The van der Waals surface area contributed by atoms with E-state index >= 15 is 0 Å². The van der Waals surface area contributed by atoms with Gasteiger partial charge in [-0.25, -0.2) is 14.4 Å². The summed E-state index contributed by atoms with van der Waals surface area (Å²) >= 11 is 0. The lowest BCUT2D eigenvalue weighted by Gasteiger charge is -2.33. The van der Waals surface area contributed by atoms with E-state index in [2.05, 4.69) is 5.32 Å². The van der Waals surface area contributed by atoms with Crippen molar-refractivity contribution >= 4 is 24.0 Å². The molecule has 0 radical (unpaired) electrons. The lowest BCUT2D eigenvalue weighted by atomic mass is 9.78. The molecule has 8 nitrogen and oxygen atoms in total. The van der Waals surface area contributed by atoms with Crippen LogP contribution in [-0.4, -0.2) is 53.7 Å². The van der Waals surface area contributed by atoms with Gasteiger partial charge in [0.05, 0.1) is 23.7 Å². The van der Waals surface area contributed by atoms with E-state index in [-0.39, 0.29) is 17.8 Å². The number of likely N-dealkylation sites (N-methyl/N-ethyl adjacent to an activating group) is 1. The summed E-state index contributed by atoms with van der Waals surface area (Å²) in [6.45, 7) is 9.84. The van der Waals surface area contributed by atoms with E-state index < -0.39 is 29.4 Å². The predicted octanol–water partition coefficient (Wildman–Crippen LogP) is 5.04. The summed E-state index contributed by atoms with van der Waals surface area (Å²) < 4.78 is 10.9. The van der Waals surface area contributed by atoms with E-state index in [1.807, 2.05) is 42.3 Å². The maximum absolute atomic E-state index is 13.5. The van der Waals surface area contributed by atoms with Crippen LogP contribution in [0.25, 0.3) is 6.08 Å². The summed E-state index contributed by atoms with van der Waals surface area (Å²) in [5, 5.41) is 13.5. The van der Waals surface area contributed by atoms with Gasteiger partial charge >= 0.3 is 17.9 Å². The molecule has 1 heterocycles. The third-order valence-electron chi connectivity index (χ3n) is 6.21. The summed E-state index contributed by atoms with van der Waals surface area (Å²) in [6.07, 6.45) is 2.90. The zero-order chi connectivity index (χ0) is 29.4. The first-order chi connectivity index (χ1) is 18.9. The minimum atomic E-state index is -1.15. The number of carboxylic acid groups (broad SMARTS) is 1. The fourth-order valence-corrected chi connectivity index (χ4v) is 4.71. The fraction of sp³-hybridized carbons (Fsp3) is 0.344. The van der Waals surface area contributed by atoms with Gasteiger partial charge in [0.2, 0.25) is 0 Å². The van der Waals surface area contributed by atoms with Crippen LogP contribution in [-0.2, 0) is 30.4 Å². The van der Waals surface area contributed by atoms with Crippen molar-refractivity contribution in [2.45, 2.75) is 52.7 Å². The minimum Gasteiger partial charge on any atom is -0.478 e. The molecule has 0 fully saturated rings. The zero-order valence-corrected chi connectivity index (χ0v) is 24.0. The second-order valence-electron chi connectivity index (χ2n) is 10.7. The van der Waals surface area contributed by atoms with Crippen molar-refractivity contribution < 1.29 is 29.0 Å². The quantitative estimate of drug-likeness (QED) is 0.316. The van der Waals surface area contributed by atoms with Crippen LogP contribution >= 0.6 is 0 Å². The highest BCUT2D eigenvalue weighted by molar-refractivity contribution is 6.00. The molecule has 0 bridgehead atoms. The Balaban J connectivity index is 2.12. The van der Waals surface area contributed by atoms with Crippen LogP contribution in [0.1, 0.15) is 57.2 Å². The summed E-state index contributed by atoms with van der Waals surface area (Å²) in [6, 6.07) is 17.0. The van der Waals surface area contributed by atoms with Gasteiger partial charge in [-0.2, -0.15) is 0 Å². The normalized spacial score (nSPS) is 15.8. The Hall–Kier alpha value is -4.17. The Bertz CT molecular complexity index is 1330. The first-order valence-electron chi connectivity index (χ1n) is 13.2. The molecule has 0 spiro atoms. The van der Waals surface area contributed by atoms with Gasteiger partial charge in [0.25, 0.3) is 0 Å². The monoisotopic (exact) mass is 546 g/mol. The molecule has 1 aliphatic heterocycles. The second-order valence-corrected chi connectivity index (χ2v) is 10.7. The molecule has 1 aliphatic rings. The highest BCUT2D eigenvalue weighted by atomic mass is 16.6. The Kier molecular flexibility index (Phi) is 10.1. The number of hydrogen-bond donors (Lipinski definition) is 2. The standard InChI is InChI=1S/C32H38N2O6/c1-7-39-31(38)29-25(20-34(6)19-22-13-9-8-10-14-22)33-21(2)27(30(36)37)28(29)24-16-12-11-15-23(24)17-18-26(35)40-32(3,4)5/h8-18,28,33H,7,19-20H2,1-6H3,(H,36,37)/b18-17+. The van der Waals surface area contributed by atoms with Gasteiger partial charge in [-0.15, -0.1) is 0 Å². The van der Waals surface area contributed by atoms with E-state index in [0.29, 0.717) is 35.6 Å². The number of ether oxygens (including phenoxy) is 2.